The Morgan fingerprint density at radius 1 is 1.39 bits per heavy atom. The van der Waals surface area contributed by atoms with Gasteiger partial charge in [-0.15, -0.1) is 0 Å². The summed E-state index contributed by atoms with van der Waals surface area (Å²) in [6.45, 7) is 0.201. The summed E-state index contributed by atoms with van der Waals surface area (Å²) in [5.41, 5.74) is 0.0325. The number of carbonyl (C=O) groups excluding carboxylic acids is 1. The highest BCUT2D eigenvalue weighted by molar-refractivity contribution is 6.36. The molecule has 2 aromatic rings. The molecule has 0 atom stereocenters. The zero-order valence-electron chi connectivity index (χ0n) is 9.01. The van der Waals surface area contributed by atoms with Gasteiger partial charge >= 0.3 is 0 Å². The maximum absolute atomic E-state index is 13.2. The predicted octanol–water partition coefficient (Wildman–Crippen LogP) is 2.79. The van der Waals surface area contributed by atoms with Gasteiger partial charge in [-0.2, -0.15) is 0 Å². The number of amides is 1. The first-order valence-corrected chi connectivity index (χ1v) is 5.74. The van der Waals surface area contributed by atoms with E-state index >= 15 is 0 Å². The number of imidazole rings is 1. The van der Waals surface area contributed by atoms with Crippen LogP contribution in [0.3, 0.4) is 0 Å². The van der Waals surface area contributed by atoms with E-state index in [1.165, 1.54) is 6.07 Å². The summed E-state index contributed by atoms with van der Waals surface area (Å²) in [7, 11) is 0. The Kier molecular flexibility index (Phi) is 3.84. The van der Waals surface area contributed by atoms with E-state index in [-0.39, 0.29) is 22.2 Å². The van der Waals surface area contributed by atoms with E-state index in [2.05, 4.69) is 15.3 Å². The minimum Gasteiger partial charge on any atom is -0.347 e. The van der Waals surface area contributed by atoms with Crippen LogP contribution in [-0.4, -0.2) is 15.9 Å². The van der Waals surface area contributed by atoms with Gasteiger partial charge in [0.1, 0.15) is 11.6 Å². The van der Waals surface area contributed by atoms with Gasteiger partial charge in [-0.1, -0.05) is 23.2 Å². The summed E-state index contributed by atoms with van der Waals surface area (Å²) in [5.74, 6) is -0.593. The molecule has 0 fully saturated rings. The van der Waals surface area contributed by atoms with E-state index in [1.54, 1.807) is 12.4 Å². The van der Waals surface area contributed by atoms with Crippen LogP contribution in [0.2, 0.25) is 10.0 Å². The van der Waals surface area contributed by atoms with Gasteiger partial charge in [-0.3, -0.25) is 4.79 Å². The number of halogens is 3. The van der Waals surface area contributed by atoms with Crippen LogP contribution in [0.4, 0.5) is 4.39 Å². The summed E-state index contributed by atoms with van der Waals surface area (Å²) < 4.78 is 13.2. The van der Waals surface area contributed by atoms with Gasteiger partial charge in [-0.25, -0.2) is 9.37 Å². The summed E-state index contributed by atoms with van der Waals surface area (Å²) in [6, 6.07) is 2.20. The standard InChI is InChI=1S/C11H8Cl2FN3O/c12-7-4-8(13)9(14)3-6(7)11(18)17-5-10-15-1-2-16-10/h1-4H,5H2,(H,15,16)(H,17,18). The molecule has 7 heteroatoms. The Morgan fingerprint density at radius 3 is 2.83 bits per heavy atom. The first kappa shape index (κ1) is 12.9. The molecule has 0 bridgehead atoms. The van der Waals surface area contributed by atoms with Crippen molar-refractivity contribution in [3.63, 3.8) is 0 Å². The van der Waals surface area contributed by atoms with Crippen LogP contribution in [0, 0.1) is 5.82 Å². The summed E-state index contributed by atoms with van der Waals surface area (Å²) >= 11 is 11.4. The average molecular weight is 288 g/mol. The summed E-state index contributed by atoms with van der Waals surface area (Å²) in [5, 5.41) is 2.54. The Bertz CT molecular complexity index is 572. The number of H-pyrrole nitrogens is 1. The molecule has 2 rings (SSSR count). The Balaban J connectivity index is 2.11. The first-order valence-electron chi connectivity index (χ1n) is 4.99. The van der Waals surface area contributed by atoms with E-state index in [0.29, 0.717) is 5.82 Å². The van der Waals surface area contributed by atoms with E-state index in [9.17, 15) is 9.18 Å². The highest BCUT2D eigenvalue weighted by Crippen LogP contribution is 2.24. The molecule has 1 amide bonds. The van der Waals surface area contributed by atoms with Crippen molar-refractivity contribution < 1.29 is 9.18 Å². The average Bonchev–Trinajstić information content (AvgIpc) is 2.84. The molecule has 1 aromatic carbocycles. The van der Waals surface area contributed by atoms with Gasteiger partial charge in [0.25, 0.3) is 5.91 Å². The second kappa shape index (κ2) is 5.37. The van der Waals surface area contributed by atoms with Crippen molar-refractivity contribution in [1.29, 1.82) is 0 Å². The number of aromatic nitrogens is 2. The molecule has 0 saturated heterocycles. The second-order valence-electron chi connectivity index (χ2n) is 3.46. The van der Waals surface area contributed by atoms with Crippen molar-refractivity contribution in [3.8, 4) is 0 Å². The lowest BCUT2D eigenvalue weighted by Crippen LogP contribution is -2.23. The Morgan fingerprint density at radius 2 is 2.17 bits per heavy atom. The van der Waals surface area contributed by atoms with E-state index in [1.807, 2.05) is 0 Å². The molecule has 1 aromatic heterocycles. The number of nitrogens with zero attached hydrogens (tertiary/aromatic N) is 1. The highest BCUT2D eigenvalue weighted by Gasteiger charge is 2.14. The van der Waals surface area contributed by atoms with E-state index in [0.717, 1.165) is 6.07 Å². The SMILES string of the molecule is O=C(NCc1ncc[nH]1)c1cc(F)c(Cl)cc1Cl. The normalized spacial score (nSPS) is 10.4. The number of benzene rings is 1. The maximum atomic E-state index is 13.2. The van der Waals surface area contributed by atoms with E-state index in [4.69, 9.17) is 23.2 Å². The number of nitrogens with one attached hydrogen (secondary N) is 2. The molecule has 0 radical (unpaired) electrons. The largest absolute Gasteiger partial charge is 0.347 e. The molecular formula is C11H8Cl2FN3O. The lowest BCUT2D eigenvalue weighted by Gasteiger charge is -2.06. The third kappa shape index (κ3) is 2.80. The van der Waals surface area contributed by atoms with Crippen molar-refractivity contribution in [2.75, 3.05) is 0 Å². The molecular weight excluding hydrogens is 280 g/mol. The summed E-state index contributed by atoms with van der Waals surface area (Å²) in [6.07, 6.45) is 3.20. The van der Waals surface area contributed by atoms with Crippen molar-refractivity contribution in [2.24, 2.45) is 0 Å². The monoisotopic (exact) mass is 287 g/mol. The molecule has 0 saturated carbocycles. The quantitative estimate of drug-likeness (QED) is 0.853. The van der Waals surface area contributed by atoms with Gasteiger partial charge in [0.15, 0.2) is 0 Å². The van der Waals surface area contributed by atoms with Crippen molar-refractivity contribution in [1.82, 2.24) is 15.3 Å². The molecule has 4 nitrogen and oxygen atoms in total. The van der Waals surface area contributed by atoms with Crippen LogP contribution in [0.25, 0.3) is 0 Å². The Hall–Kier alpha value is -1.59. The topological polar surface area (TPSA) is 57.8 Å². The molecule has 94 valence electrons. The van der Waals surface area contributed by atoms with Crippen molar-refractivity contribution in [2.45, 2.75) is 6.54 Å². The third-order valence-electron chi connectivity index (χ3n) is 2.23. The fraction of sp³-hybridized carbons (Fsp3) is 0.0909. The fourth-order valence-corrected chi connectivity index (χ4v) is 1.82. The van der Waals surface area contributed by atoms with Gasteiger partial charge in [0.2, 0.25) is 0 Å². The molecule has 0 aliphatic carbocycles. The van der Waals surface area contributed by atoms with Crippen LogP contribution in [0.1, 0.15) is 16.2 Å². The lowest BCUT2D eigenvalue weighted by molar-refractivity contribution is 0.0949. The van der Waals surface area contributed by atoms with Crippen molar-refractivity contribution in [3.05, 3.63) is 51.8 Å². The zero-order chi connectivity index (χ0) is 13.1. The lowest BCUT2D eigenvalue weighted by atomic mass is 10.2. The molecule has 0 aliphatic rings. The number of hydrogen-bond acceptors (Lipinski definition) is 2. The minimum absolute atomic E-state index is 0.0325. The maximum Gasteiger partial charge on any atom is 0.253 e. The summed E-state index contributed by atoms with van der Waals surface area (Å²) in [4.78, 5) is 18.5. The van der Waals surface area contributed by atoms with Gasteiger partial charge in [0, 0.05) is 12.4 Å². The molecule has 0 unspecified atom stereocenters. The highest BCUT2D eigenvalue weighted by atomic mass is 35.5. The zero-order valence-corrected chi connectivity index (χ0v) is 10.5. The fourth-order valence-electron chi connectivity index (χ4n) is 1.35. The van der Waals surface area contributed by atoms with Crippen molar-refractivity contribution >= 4 is 29.1 Å². The predicted molar refractivity (Wildman–Crippen MR) is 66.2 cm³/mol. The number of hydrogen-bond donors (Lipinski definition) is 2. The molecule has 0 aliphatic heterocycles. The third-order valence-corrected chi connectivity index (χ3v) is 2.83. The second-order valence-corrected chi connectivity index (χ2v) is 4.28. The molecule has 18 heavy (non-hydrogen) atoms. The smallest absolute Gasteiger partial charge is 0.253 e. The Labute approximate surface area is 112 Å². The minimum atomic E-state index is -0.691. The van der Waals surface area contributed by atoms with Crippen LogP contribution in [-0.2, 0) is 6.54 Å². The van der Waals surface area contributed by atoms with Crippen LogP contribution < -0.4 is 5.32 Å². The number of rotatable bonds is 3. The van der Waals surface area contributed by atoms with Gasteiger partial charge < -0.3 is 10.3 Å². The number of carbonyl (C=O) groups is 1. The van der Waals surface area contributed by atoms with Gasteiger partial charge in [0.05, 0.1) is 22.2 Å². The molecule has 2 N–H and O–H groups in total. The van der Waals surface area contributed by atoms with Gasteiger partial charge in [-0.05, 0) is 12.1 Å². The molecule has 1 heterocycles. The number of aromatic amines is 1. The first-order chi connectivity index (χ1) is 8.58. The van der Waals surface area contributed by atoms with E-state index < -0.39 is 11.7 Å². The molecule has 0 spiro atoms. The van der Waals surface area contributed by atoms with Crippen LogP contribution in [0.5, 0.6) is 0 Å². The van der Waals surface area contributed by atoms with Crippen LogP contribution >= 0.6 is 23.2 Å². The van der Waals surface area contributed by atoms with Crippen LogP contribution in [0.15, 0.2) is 24.5 Å².